The molecule has 0 radical (unpaired) electrons. The second-order valence-electron chi connectivity index (χ2n) is 8.22. The summed E-state index contributed by atoms with van der Waals surface area (Å²) in [5.74, 6) is 0.00993. The highest BCUT2D eigenvalue weighted by atomic mass is 79.9. The molecule has 9 atom stereocenters. The predicted molar refractivity (Wildman–Crippen MR) is 72.9 cm³/mol. The van der Waals surface area contributed by atoms with Gasteiger partial charge in [-0.05, 0) is 13.8 Å². The lowest BCUT2D eigenvalue weighted by atomic mass is 9.37. The summed E-state index contributed by atoms with van der Waals surface area (Å²) in [5, 5.41) is 0.748. The zero-order valence-electron chi connectivity index (χ0n) is 12.1. The first-order valence-corrected chi connectivity index (χ1v) is 8.72. The Kier molecular flexibility index (Phi) is 1.59. The Bertz CT molecular complexity index is 640. The van der Waals surface area contributed by atoms with Crippen LogP contribution in [0.5, 0.6) is 0 Å². The van der Waals surface area contributed by atoms with Crippen LogP contribution in [0.25, 0.3) is 0 Å². The van der Waals surface area contributed by atoms with Gasteiger partial charge in [0, 0.05) is 16.7 Å². The average molecular weight is 357 g/mol. The summed E-state index contributed by atoms with van der Waals surface area (Å²) in [4.78, 5) is 12.4. The first-order chi connectivity index (χ1) is 9.83. The van der Waals surface area contributed by atoms with E-state index in [1.54, 1.807) is 0 Å². The van der Waals surface area contributed by atoms with Crippen molar-refractivity contribution < 1.29 is 23.7 Å². The van der Waals surface area contributed by atoms with Gasteiger partial charge in [-0.3, -0.25) is 0 Å². The van der Waals surface area contributed by atoms with Gasteiger partial charge in [0.2, 0.25) is 5.60 Å². The molecule has 6 unspecified atom stereocenters. The lowest BCUT2D eigenvalue weighted by molar-refractivity contribution is -0.235. The molecule has 6 fully saturated rings. The van der Waals surface area contributed by atoms with E-state index < -0.39 is 16.6 Å². The van der Waals surface area contributed by atoms with Crippen LogP contribution in [0.4, 0.5) is 0 Å². The van der Waals surface area contributed by atoms with Crippen LogP contribution in [-0.4, -0.2) is 53.0 Å². The Morgan fingerprint density at radius 1 is 1.33 bits per heavy atom. The highest BCUT2D eigenvalue weighted by Gasteiger charge is 3.07. The molecule has 2 spiro atoms. The smallest absolute Gasteiger partial charge is 0.342 e. The fraction of sp³-hybridized carbons (Fsp3) is 0.933. The molecule has 114 valence electrons. The van der Waals surface area contributed by atoms with E-state index in [4.69, 9.17) is 18.9 Å². The van der Waals surface area contributed by atoms with Gasteiger partial charge in [0.1, 0.15) is 23.9 Å². The Morgan fingerprint density at radius 2 is 2.10 bits per heavy atom. The van der Waals surface area contributed by atoms with Crippen molar-refractivity contribution in [2.75, 3.05) is 11.9 Å². The molecule has 0 amide bonds. The van der Waals surface area contributed by atoms with Crippen LogP contribution in [0.15, 0.2) is 0 Å². The van der Waals surface area contributed by atoms with Crippen molar-refractivity contribution in [2.24, 2.45) is 16.7 Å². The Labute approximate surface area is 130 Å². The van der Waals surface area contributed by atoms with Crippen LogP contribution in [-0.2, 0) is 23.7 Å². The van der Waals surface area contributed by atoms with E-state index in [1.807, 2.05) is 0 Å². The largest absolute Gasteiger partial charge is 0.457 e. The van der Waals surface area contributed by atoms with E-state index >= 15 is 0 Å². The molecule has 6 heteroatoms. The molecule has 0 aromatic carbocycles. The number of fused-ring (bicyclic) bond motifs is 1. The summed E-state index contributed by atoms with van der Waals surface area (Å²) in [6.07, 6.45) is -0.500. The van der Waals surface area contributed by atoms with Crippen LogP contribution < -0.4 is 0 Å². The summed E-state index contributed by atoms with van der Waals surface area (Å²) in [6, 6.07) is 0. The van der Waals surface area contributed by atoms with Crippen molar-refractivity contribution in [3.8, 4) is 0 Å². The van der Waals surface area contributed by atoms with E-state index in [0.717, 1.165) is 5.33 Å². The number of hydrogen-bond donors (Lipinski definition) is 0. The first kappa shape index (κ1) is 12.3. The van der Waals surface area contributed by atoms with Gasteiger partial charge in [0.15, 0.2) is 0 Å². The topological polar surface area (TPSA) is 57.3 Å². The maximum absolute atomic E-state index is 12.4. The maximum Gasteiger partial charge on any atom is 0.342 e. The van der Waals surface area contributed by atoms with Crippen molar-refractivity contribution >= 4 is 21.9 Å². The molecule has 5 nitrogen and oxygen atoms in total. The number of carbonyl (C=O) groups excluding carboxylic acids is 1. The molecule has 4 bridgehead atoms. The van der Waals surface area contributed by atoms with Gasteiger partial charge in [-0.2, -0.15) is 0 Å². The van der Waals surface area contributed by atoms with Crippen LogP contribution in [0, 0.1) is 16.7 Å². The van der Waals surface area contributed by atoms with Crippen LogP contribution in [0.3, 0.4) is 0 Å². The number of rotatable bonds is 1. The number of carbonyl (C=O) groups is 1. The maximum atomic E-state index is 12.4. The highest BCUT2D eigenvalue weighted by Crippen LogP contribution is 2.89. The van der Waals surface area contributed by atoms with Gasteiger partial charge in [-0.1, -0.05) is 22.9 Å². The Balaban J connectivity index is 1.69. The van der Waals surface area contributed by atoms with Crippen LogP contribution in [0.2, 0.25) is 0 Å². The van der Waals surface area contributed by atoms with Crippen molar-refractivity contribution in [3.05, 3.63) is 0 Å². The number of hydrogen-bond acceptors (Lipinski definition) is 5. The van der Waals surface area contributed by atoms with Gasteiger partial charge in [0.05, 0.1) is 17.6 Å². The van der Waals surface area contributed by atoms with Crippen molar-refractivity contribution in [1.82, 2.24) is 0 Å². The summed E-state index contributed by atoms with van der Waals surface area (Å²) in [6.45, 7) is 7.17. The molecule has 21 heavy (non-hydrogen) atoms. The van der Waals surface area contributed by atoms with E-state index in [9.17, 15) is 4.79 Å². The van der Waals surface area contributed by atoms with Gasteiger partial charge >= 0.3 is 5.97 Å². The highest BCUT2D eigenvalue weighted by molar-refractivity contribution is 9.09. The number of halogens is 1. The van der Waals surface area contributed by atoms with E-state index in [0.29, 0.717) is 6.61 Å². The lowest BCUT2D eigenvalue weighted by Gasteiger charge is -2.60. The summed E-state index contributed by atoms with van der Waals surface area (Å²) < 4.78 is 24.7. The molecule has 4 saturated heterocycles. The molecule has 2 aliphatic carbocycles. The van der Waals surface area contributed by atoms with Crippen LogP contribution >= 0.6 is 15.9 Å². The number of ether oxygens (including phenoxy) is 4. The molecule has 6 aliphatic rings. The summed E-state index contributed by atoms with van der Waals surface area (Å²) >= 11 is 3.63. The predicted octanol–water partition coefficient (Wildman–Crippen LogP) is 1.03. The molecule has 4 aliphatic heterocycles. The number of epoxide rings is 1. The molecular weight excluding hydrogens is 340 g/mol. The molecule has 6 rings (SSSR count). The normalized spacial score (nSPS) is 74.6. The zero-order chi connectivity index (χ0) is 14.6. The Hall–Kier alpha value is -0.170. The summed E-state index contributed by atoms with van der Waals surface area (Å²) in [5.41, 5.74) is -2.07. The number of alkyl halides is 1. The minimum Gasteiger partial charge on any atom is -0.457 e. The minimum atomic E-state index is -0.757. The van der Waals surface area contributed by atoms with Gasteiger partial charge in [-0.15, -0.1) is 0 Å². The molecule has 4 heterocycles. The standard InChI is InChI=1S/C15H17BrO5/c1-11-5-18-6-7(11)12(2,4-16)21-15(11)9-14(20-9)10(17)19-8(6)13(14,15)3/h6-9H,4-5H2,1-3H3/t6?,7?,8?,9-,11?,12+,13?,14-,15?/m0/s1. The van der Waals surface area contributed by atoms with Crippen molar-refractivity contribution in [2.45, 2.75) is 55.9 Å². The van der Waals surface area contributed by atoms with Crippen molar-refractivity contribution in [1.29, 1.82) is 0 Å². The monoisotopic (exact) mass is 356 g/mol. The van der Waals surface area contributed by atoms with Gasteiger partial charge in [0.25, 0.3) is 0 Å². The third kappa shape index (κ3) is 0.732. The lowest BCUT2D eigenvalue weighted by Crippen LogP contribution is -2.79. The fourth-order valence-electron chi connectivity index (χ4n) is 7.04. The fourth-order valence-corrected chi connectivity index (χ4v) is 7.51. The van der Waals surface area contributed by atoms with Gasteiger partial charge in [-0.25, -0.2) is 4.79 Å². The molecule has 0 aromatic rings. The third-order valence-electron chi connectivity index (χ3n) is 7.69. The molecule has 2 saturated carbocycles. The summed E-state index contributed by atoms with van der Waals surface area (Å²) in [7, 11) is 0. The van der Waals surface area contributed by atoms with Crippen molar-refractivity contribution in [3.63, 3.8) is 0 Å². The van der Waals surface area contributed by atoms with E-state index in [1.165, 1.54) is 0 Å². The molecular formula is C15H17BrO5. The average Bonchev–Trinajstić information content (AvgIpc) is 2.95. The zero-order valence-corrected chi connectivity index (χ0v) is 13.7. The second kappa shape index (κ2) is 2.72. The van der Waals surface area contributed by atoms with Gasteiger partial charge < -0.3 is 18.9 Å². The van der Waals surface area contributed by atoms with E-state index in [-0.39, 0.29) is 41.2 Å². The quantitative estimate of drug-likeness (QED) is 0.399. The van der Waals surface area contributed by atoms with E-state index in [2.05, 4.69) is 36.7 Å². The first-order valence-electron chi connectivity index (χ1n) is 7.60. The van der Waals surface area contributed by atoms with Crippen LogP contribution in [0.1, 0.15) is 20.8 Å². The minimum absolute atomic E-state index is 0.0911. The third-order valence-corrected chi connectivity index (χ3v) is 8.80. The second-order valence-corrected chi connectivity index (χ2v) is 8.78. The molecule has 0 aromatic heterocycles. The molecule has 0 N–H and O–H groups in total. The number of esters is 1. The Morgan fingerprint density at radius 3 is 2.81 bits per heavy atom. The SMILES string of the molecule is CC12COC3C4OC(=O)[C@@]56O[C@@H]5C1(O[C@](C)(CBr)C32)C46C.